The fourth-order valence-corrected chi connectivity index (χ4v) is 4.64. The molecule has 1 aliphatic carbocycles. The maximum absolute atomic E-state index is 5.63. The van der Waals surface area contributed by atoms with Gasteiger partial charge >= 0.3 is 0 Å². The Morgan fingerprint density at radius 1 is 1.00 bits per heavy atom. The van der Waals surface area contributed by atoms with E-state index in [1.54, 1.807) is 7.11 Å². The molecule has 2 nitrogen and oxygen atoms in total. The van der Waals surface area contributed by atoms with Crippen LogP contribution in [-0.4, -0.2) is 7.11 Å². The van der Waals surface area contributed by atoms with E-state index < -0.39 is 0 Å². The van der Waals surface area contributed by atoms with Crippen LogP contribution in [0.2, 0.25) is 0 Å². The van der Waals surface area contributed by atoms with Crippen LogP contribution in [0.5, 0.6) is 5.75 Å². The van der Waals surface area contributed by atoms with Gasteiger partial charge in [-0.3, -0.25) is 0 Å². The van der Waals surface area contributed by atoms with Crippen LogP contribution in [0.1, 0.15) is 55.3 Å². The van der Waals surface area contributed by atoms with Crippen LogP contribution in [0.15, 0.2) is 60.7 Å². The minimum Gasteiger partial charge on any atom is -0.496 e. The van der Waals surface area contributed by atoms with Gasteiger partial charge < -0.3 is 10.1 Å². The van der Waals surface area contributed by atoms with Crippen molar-refractivity contribution in [2.45, 2.75) is 51.6 Å². The van der Waals surface area contributed by atoms with E-state index >= 15 is 0 Å². The van der Waals surface area contributed by atoms with E-state index in [9.17, 15) is 0 Å². The number of nitrogens with one attached hydrogen (secondary N) is 1. The highest BCUT2D eigenvalue weighted by Crippen LogP contribution is 2.32. The van der Waals surface area contributed by atoms with Crippen molar-refractivity contribution in [2.24, 2.45) is 5.92 Å². The van der Waals surface area contributed by atoms with Gasteiger partial charge in [-0.25, -0.2) is 0 Å². The van der Waals surface area contributed by atoms with Gasteiger partial charge in [0, 0.05) is 12.6 Å². The van der Waals surface area contributed by atoms with Crippen LogP contribution in [0.4, 0.5) is 0 Å². The van der Waals surface area contributed by atoms with Crippen LogP contribution in [0, 0.1) is 5.92 Å². The van der Waals surface area contributed by atoms with Gasteiger partial charge in [-0.05, 0) is 52.8 Å². The molecule has 0 aliphatic heterocycles. The molecule has 1 atom stereocenters. The standard InChI is InChI=1S/C26H31NO/c1-19(24-13-7-11-22-10-5-6-12-25(22)24)27-18-21-14-15-26(28-2)23(17-21)16-20-8-3-4-9-20/h5-7,10-15,17,19-20,27H,3-4,8-9,16,18H2,1-2H3/t19-/m1/s1. The zero-order valence-corrected chi connectivity index (χ0v) is 17.1. The van der Waals surface area contributed by atoms with Crippen LogP contribution < -0.4 is 10.1 Å². The van der Waals surface area contributed by atoms with Crippen LogP contribution in [0.3, 0.4) is 0 Å². The second kappa shape index (κ2) is 8.79. The van der Waals surface area contributed by atoms with E-state index in [0.29, 0.717) is 6.04 Å². The summed E-state index contributed by atoms with van der Waals surface area (Å²) in [5.74, 6) is 1.87. The first-order chi connectivity index (χ1) is 13.7. The molecule has 0 aromatic heterocycles. The monoisotopic (exact) mass is 373 g/mol. The lowest BCUT2D eigenvalue weighted by molar-refractivity contribution is 0.404. The molecule has 0 amide bonds. The maximum Gasteiger partial charge on any atom is 0.122 e. The molecule has 0 saturated heterocycles. The van der Waals surface area contributed by atoms with Crippen molar-refractivity contribution < 1.29 is 4.74 Å². The second-order valence-corrected chi connectivity index (χ2v) is 8.17. The molecule has 0 unspecified atom stereocenters. The molecule has 0 heterocycles. The number of fused-ring (bicyclic) bond motifs is 1. The highest BCUT2D eigenvalue weighted by molar-refractivity contribution is 5.86. The lowest BCUT2D eigenvalue weighted by Gasteiger charge is -2.18. The molecule has 1 fully saturated rings. The zero-order valence-electron chi connectivity index (χ0n) is 17.1. The van der Waals surface area contributed by atoms with Crippen molar-refractivity contribution in [1.29, 1.82) is 0 Å². The van der Waals surface area contributed by atoms with Crippen LogP contribution in [0.25, 0.3) is 10.8 Å². The number of ether oxygens (including phenoxy) is 1. The van der Waals surface area contributed by atoms with Crippen LogP contribution in [-0.2, 0) is 13.0 Å². The van der Waals surface area contributed by atoms with Crippen molar-refractivity contribution in [3.05, 3.63) is 77.4 Å². The number of benzene rings is 3. The minimum absolute atomic E-state index is 0.298. The average molecular weight is 374 g/mol. The Bertz CT molecular complexity index is 921. The fraction of sp³-hybridized carbons (Fsp3) is 0.385. The van der Waals surface area contributed by atoms with Gasteiger partial charge in [-0.2, -0.15) is 0 Å². The van der Waals surface area contributed by atoms with Crippen molar-refractivity contribution in [1.82, 2.24) is 5.32 Å². The Morgan fingerprint density at radius 3 is 2.61 bits per heavy atom. The SMILES string of the molecule is COc1ccc(CN[C@H](C)c2cccc3ccccc23)cc1CC1CCCC1. The van der Waals surface area contributed by atoms with E-state index in [1.165, 1.54) is 53.1 Å². The quantitative estimate of drug-likeness (QED) is 0.515. The average Bonchev–Trinajstić information content (AvgIpc) is 3.25. The zero-order chi connectivity index (χ0) is 19.3. The Morgan fingerprint density at radius 2 is 1.79 bits per heavy atom. The summed E-state index contributed by atoms with van der Waals surface area (Å²) < 4.78 is 5.63. The van der Waals surface area contributed by atoms with Gasteiger partial charge in [0.1, 0.15) is 5.75 Å². The number of hydrogen-bond donors (Lipinski definition) is 1. The largest absolute Gasteiger partial charge is 0.496 e. The molecule has 1 aliphatic rings. The number of methoxy groups -OCH3 is 1. The predicted octanol–water partition coefficient (Wildman–Crippen LogP) is 6.43. The summed E-state index contributed by atoms with van der Waals surface area (Å²) in [6.07, 6.45) is 6.65. The van der Waals surface area contributed by atoms with E-state index in [0.717, 1.165) is 24.6 Å². The number of rotatable bonds is 7. The summed E-state index contributed by atoms with van der Waals surface area (Å²) in [4.78, 5) is 0. The predicted molar refractivity (Wildman–Crippen MR) is 118 cm³/mol. The second-order valence-electron chi connectivity index (χ2n) is 8.17. The molecule has 1 N–H and O–H groups in total. The van der Waals surface area contributed by atoms with Gasteiger partial charge in [0.25, 0.3) is 0 Å². The first kappa shape index (κ1) is 19.0. The van der Waals surface area contributed by atoms with Gasteiger partial charge in [-0.1, -0.05) is 80.3 Å². The molecule has 0 bridgehead atoms. The van der Waals surface area contributed by atoms with Crippen molar-refractivity contribution in [3.63, 3.8) is 0 Å². The van der Waals surface area contributed by atoms with Gasteiger partial charge in [0.05, 0.1) is 7.11 Å². The summed E-state index contributed by atoms with van der Waals surface area (Å²) >= 11 is 0. The van der Waals surface area contributed by atoms with E-state index in [4.69, 9.17) is 4.74 Å². The Labute approximate surface area is 168 Å². The van der Waals surface area contributed by atoms with Crippen molar-refractivity contribution in [3.8, 4) is 5.75 Å². The summed E-state index contributed by atoms with van der Waals surface area (Å²) in [6, 6.07) is 22.2. The minimum atomic E-state index is 0.298. The number of hydrogen-bond acceptors (Lipinski definition) is 2. The lowest BCUT2D eigenvalue weighted by Crippen LogP contribution is -2.18. The molecule has 146 valence electrons. The molecular formula is C26H31NO. The highest BCUT2D eigenvalue weighted by Gasteiger charge is 2.18. The molecule has 4 rings (SSSR count). The Kier molecular flexibility index (Phi) is 5.97. The van der Waals surface area contributed by atoms with Crippen molar-refractivity contribution in [2.75, 3.05) is 7.11 Å². The first-order valence-corrected chi connectivity index (χ1v) is 10.6. The third-order valence-electron chi connectivity index (χ3n) is 6.23. The smallest absolute Gasteiger partial charge is 0.122 e. The van der Waals surface area contributed by atoms with Crippen LogP contribution >= 0.6 is 0 Å². The topological polar surface area (TPSA) is 21.3 Å². The normalized spacial score (nSPS) is 15.8. The van der Waals surface area contributed by atoms with Gasteiger partial charge in [0.2, 0.25) is 0 Å². The fourth-order valence-electron chi connectivity index (χ4n) is 4.64. The van der Waals surface area contributed by atoms with Gasteiger partial charge in [-0.15, -0.1) is 0 Å². The third-order valence-corrected chi connectivity index (χ3v) is 6.23. The highest BCUT2D eigenvalue weighted by atomic mass is 16.5. The Balaban J connectivity index is 1.47. The molecule has 1 saturated carbocycles. The Hall–Kier alpha value is -2.32. The van der Waals surface area contributed by atoms with Crippen molar-refractivity contribution >= 4 is 10.8 Å². The van der Waals surface area contributed by atoms with E-state index in [2.05, 4.69) is 72.9 Å². The summed E-state index contributed by atoms with van der Waals surface area (Å²) in [5.41, 5.74) is 4.06. The summed E-state index contributed by atoms with van der Waals surface area (Å²) in [6.45, 7) is 3.12. The lowest BCUT2D eigenvalue weighted by atomic mass is 9.95. The van der Waals surface area contributed by atoms with E-state index in [1.807, 2.05) is 0 Å². The van der Waals surface area contributed by atoms with E-state index in [-0.39, 0.29) is 0 Å². The van der Waals surface area contributed by atoms with Gasteiger partial charge in [0.15, 0.2) is 0 Å². The summed E-state index contributed by atoms with van der Waals surface area (Å²) in [5, 5.41) is 6.36. The maximum atomic E-state index is 5.63. The molecule has 3 aromatic rings. The third kappa shape index (κ3) is 4.23. The molecule has 0 spiro atoms. The molecular weight excluding hydrogens is 342 g/mol. The molecule has 28 heavy (non-hydrogen) atoms. The first-order valence-electron chi connectivity index (χ1n) is 10.6. The molecule has 0 radical (unpaired) electrons. The summed E-state index contributed by atoms with van der Waals surface area (Å²) in [7, 11) is 1.79. The molecule has 3 aromatic carbocycles. The molecule has 2 heteroatoms.